The Morgan fingerprint density at radius 1 is 1.50 bits per heavy atom. The molecule has 1 unspecified atom stereocenters. The zero-order valence-electron chi connectivity index (χ0n) is 7.67. The molecule has 0 aliphatic carbocycles. The van der Waals surface area contributed by atoms with Gasteiger partial charge < -0.3 is 10.0 Å². The van der Waals surface area contributed by atoms with Crippen molar-refractivity contribution in [1.29, 1.82) is 0 Å². The Morgan fingerprint density at radius 3 is 2.58 bits per heavy atom. The fraction of sp³-hybridized carbons (Fsp3) is 1.00. The maximum atomic E-state index is 12.8. The van der Waals surface area contributed by atoms with Crippen LogP contribution in [0.2, 0.25) is 0 Å². The Hall–Kier alpha value is -0.150. The summed E-state index contributed by atoms with van der Waals surface area (Å²) in [7, 11) is 2.09. The van der Waals surface area contributed by atoms with Gasteiger partial charge in [-0.2, -0.15) is 0 Å². The van der Waals surface area contributed by atoms with Gasteiger partial charge in [-0.15, -0.1) is 0 Å². The Morgan fingerprint density at radius 2 is 2.08 bits per heavy atom. The molecule has 0 bridgehead atoms. The Balaban J connectivity index is 2.17. The van der Waals surface area contributed by atoms with E-state index in [2.05, 4.69) is 11.9 Å². The van der Waals surface area contributed by atoms with Gasteiger partial charge >= 0.3 is 0 Å². The summed E-state index contributed by atoms with van der Waals surface area (Å²) in [4.78, 5) is 2.27. The van der Waals surface area contributed by atoms with Gasteiger partial charge in [-0.3, -0.25) is 0 Å². The molecular weight excluding hydrogens is 157 g/mol. The number of alkyl halides is 1. The summed E-state index contributed by atoms with van der Waals surface area (Å²) in [5, 5.41) is 8.53. The van der Waals surface area contributed by atoms with Crippen LogP contribution < -0.4 is 0 Å². The van der Waals surface area contributed by atoms with Crippen molar-refractivity contribution in [1.82, 2.24) is 4.90 Å². The first-order valence-corrected chi connectivity index (χ1v) is 4.66. The number of rotatable bonds is 3. The molecule has 0 aromatic heterocycles. The number of likely N-dealkylation sites (tertiary alicyclic amines) is 1. The van der Waals surface area contributed by atoms with E-state index in [9.17, 15) is 4.39 Å². The van der Waals surface area contributed by atoms with E-state index in [1.54, 1.807) is 0 Å². The average molecular weight is 175 g/mol. The van der Waals surface area contributed by atoms with E-state index in [0.29, 0.717) is 12.3 Å². The normalized spacial score (nSPS) is 24.2. The summed E-state index contributed by atoms with van der Waals surface area (Å²) in [6, 6.07) is 0. The molecule has 0 aromatic rings. The molecule has 3 heteroatoms. The molecule has 72 valence electrons. The van der Waals surface area contributed by atoms with Crippen LogP contribution in [0.5, 0.6) is 0 Å². The monoisotopic (exact) mass is 175 g/mol. The van der Waals surface area contributed by atoms with Gasteiger partial charge in [0, 0.05) is 0 Å². The molecule has 1 aliphatic rings. The van der Waals surface area contributed by atoms with Gasteiger partial charge in [0.1, 0.15) is 6.17 Å². The third kappa shape index (κ3) is 3.07. The lowest BCUT2D eigenvalue weighted by Gasteiger charge is -2.29. The van der Waals surface area contributed by atoms with Gasteiger partial charge in [-0.05, 0) is 45.3 Å². The number of hydrogen-bond donors (Lipinski definition) is 1. The molecular formula is C9H18FNO. The zero-order valence-corrected chi connectivity index (χ0v) is 7.67. The Kier molecular flexibility index (Phi) is 3.95. The highest BCUT2D eigenvalue weighted by molar-refractivity contribution is 4.72. The first-order valence-electron chi connectivity index (χ1n) is 4.66. The summed E-state index contributed by atoms with van der Waals surface area (Å²) in [5.74, 6) is 0.489. The van der Waals surface area contributed by atoms with Crippen LogP contribution >= 0.6 is 0 Å². The van der Waals surface area contributed by atoms with E-state index in [1.165, 1.54) is 0 Å². The molecule has 1 rings (SSSR count). The molecule has 2 nitrogen and oxygen atoms in total. The highest BCUT2D eigenvalue weighted by Gasteiger charge is 2.19. The summed E-state index contributed by atoms with van der Waals surface area (Å²) in [6.45, 7) is 1.83. The van der Waals surface area contributed by atoms with E-state index in [1.807, 2.05) is 0 Å². The van der Waals surface area contributed by atoms with Crippen LogP contribution in [0.15, 0.2) is 0 Å². The number of piperidine rings is 1. The highest BCUT2D eigenvalue weighted by atomic mass is 19.1. The minimum atomic E-state index is -1.00. The van der Waals surface area contributed by atoms with Crippen molar-refractivity contribution in [3.8, 4) is 0 Å². The maximum Gasteiger partial charge on any atom is 0.123 e. The highest BCUT2D eigenvalue weighted by Crippen LogP contribution is 2.21. The largest absolute Gasteiger partial charge is 0.393 e. The minimum Gasteiger partial charge on any atom is -0.393 e. The first-order chi connectivity index (χ1) is 5.72. The molecule has 1 heterocycles. The van der Waals surface area contributed by atoms with E-state index >= 15 is 0 Å². The van der Waals surface area contributed by atoms with Gasteiger partial charge in [0.2, 0.25) is 0 Å². The van der Waals surface area contributed by atoms with Crippen molar-refractivity contribution in [2.24, 2.45) is 5.92 Å². The van der Waals surface area contributed by atoms with Crippen molar-refractivity contribution in [3.05, 3.63) is 0 Å². The average Bonchev–Trinajstić information content (AvgIpc) is 2.09. The molecule has 1 fully saturated rings. The number of aliphatic hydroxyl groups is 1. The smallest absolute Gasteiger partial charge is 0.123 e. The lowest BCUT2D eigenvalue weighted by Crippen LogP contribution is -2.31. The predicted molar refractivity (Wildman–Crippen MR) is 46.8 cm³/mol. The minimum absolute atomic E-state index is 0.313. The SMILES string of the molecule is CN1CCC(CC(F)CO)CC1. The fourth-order valence-corrected chi connectivity index (χ4v) is 1.73. The molecule has 1 N–H and O–H groups in total. The molecule has 0 radical (unpaired) electrons. The molecule has 1 atom stereocenters. The molecule has 12 heavy (non-hydrogen) atoms. The zero-order chi connectivity index (χ0) is 8.97. The Bertz CT molecular complexity index is 124. The summed E-state index contributed by atoms with van der Waals surface area (Å²) in [5.41, 5.74) is 0. The third-order valence-corrected chi connectivity index (χ3v) is 2.63. The lowest BCUT2D eigenvalue weighted by molar-refractivity contribution is 0.127. The molecule has 0 aromatic carbocycles. The number of halogens is 1. The van der Waals surface area contributed by atoms with Gasteiger partial charge in [0.15, 0.2) is 0 Å². The quantitative estimate of drug-likeness (QED) is 0.693. The fourth-order valence-electron chi connectivity index (χ4n) is 1.73. The molecule has 1 aliphatic heterocycles. The number of hydrogen-bond acceptors (Lipinski definition) is 2. The van der Waals surface area contributed by atoms with Crippen molar-refractivity contribution in [2.75, 3.05) is 26.7 Å². The van der Waals surface area contributed by atoms with Crippen LogP contribution in [0.25, 0.3) is 0 Å². The predicted octanol–water partition coefficient (Wildman–Crippen LogP) is 1.05. The van der Waals surface area contributed by atoms with Gasteiger partial charge in [0.05, 0.1) is 6.61 Å². The lowest BCUT2D eigenvalue weighted by atomic mass is 9.92. The van der Waals surface area contributed by atoms with Crippen molar-refractivity contribution in [2.45, 2.75) is 25.4 Å². The molecule has 0 saturated carbocycles. The van der Waals surface area contributed by atoms with E-state index in [4.69, 9.17) is 5.11 Å². The Labute approximate surface area is 73.4 Å². The second-order valence-electron chi connectivity index (χ2n) is 3.76. The van der Waals surface area contributed by atoms with Crippen LogP contribution in [0.3, 0.4) is 0 Å². The van der Waals surface area contributed by atoms with Gasteiger partial charge in [-0.25, -0.2) is 4.39 Å². The topological polar surface area (TPSA) is 23.5 Å². The summed E-state index contributed by atoms with van der Waals surface area (Å²) in [6.07, 6.45) is 1.71. The molecule has 1 saturated heterocycles. The van der Waals surface area contributed by atoms with Gasteiger partial charge in [0.25, 0.3) is 0 Å². The van der Waals surface area contributed by atoms with Crippen molar-refractivity contribution < 1.29 is 9.50 Å². The van der Waals surface area contributed by atoms with Crippen LogP contribution in [-0.2, 0) is 0 Å². The summed E-state index contributed by atoms with van der Waals surface area (Å²) < 4.78 is 12.8. The standard InChI is InChI=1S/C9H18FNO/c1-11-4-2-8(3-5-11)6-9(10)7-12/h8-9,12H,2-7H2,1H3. The maximum absolute atomic E-state index is 12.8. The van der Waals surface area contributed by atoms with Crippen molar-refractivity contribution in [3.63, 3.8) is 0 Å². The second-order valence-corrected chi connectivity index (χ2v) is 3.76. The number of aliphatic hydroxyl groups excluding tert-OH is 1. The summed E-state index contributed by atoms with van der Waals surface area (Å²) >= 11 is 0. The van der Waals surface area contributed by atoms with Crippen LogP contribution in [0, 0.1) is 5.92 Å². The second kappa shape index (κ2) is 4.77. The van der Waals surface area contributed by atoms with Crippen LogP contribution in [0.4, 0.5) is 4.39 Å². The third-order valence-electron chi connectivity index (χ3n) is 2.63. The molecule has 0 amide bonds. The van der Waals surface area contributed by atoms with Crippen molar-refractivity contribution >= 4 is 0 Å². The van der Waals surface area contributed by atoms with Crippen LogP contribution in [-0.4, -0.2) is 42.9 Å². The first kappa shape index (κ1) is 9.93. The molecule has 0 spiro atoms. The van der Waals surface area contributed by atoms with E-state index in [0.717, 1.165) is 25.9 Å². The van der Waals surface area contributed by atoms with E-state index < -0.39 is 6.17 Å². The van der Waals surface area contributed by atoms with Crippen LogP contribution in [0.1, 0.15) is 19.3 Å². The number of nitrogens with zero attached hydrogens (tertiary/aromatic N) is 1. The van der Waals surface area contributed by atoms with E-state index in [-0.39, 0.29) is 6.61 Å². The van der Waals surface area contributed by atoms with Gasteiger partial charge in [-0.1, -0.05) is 0 Å².